The van der Waals surface area contributed by atoms with Crippen LogP contribution in [0.15, 0.2) is 42.7 Å². The zero-order valence-electron chi connectivity index (χ0n) is 12.3. The van der Waals surface area contributed by atoms with Crippen LogP contribution in [-0.4, -0.2) is 47.1 Å². The first-order chi connectivity index (χ1) is 10.3. The lowest BCUT2D eigenvalue weighted by Crippen LogP contribution is -2.35. The normalized spacial score (nSPS) is 20.1. The van der Waals surface area contributed by atoms with Gasteiger partial charge in [0.25, 0.3) is 0 Å². The molecule has 1 fully saturated rings. The molecular weight excluding hydrogens is 266 g/mol. The summed E-state index contributed by atoms with van der Waals surface area (Å²) in [6, 6.07) is 9.93. The molecule has 1 aromatic heterocycles. The van der Waals surface area contributed by atoms with Gasteiger partial charge in [0.2, 0.25) is 0 Å². The summed E-state index contributed by atoms with van der Waals surface area (Å²) in [7, 11) is 1.94. The summed E-state index contributed by atoms with van der Waals surface area (Å²) >= 11 is 0. The Morgan fingerprint density at radius 1 is 1.33 bits per heavy atom. The summed E-state index contributed by atoms with van der Waals surface area (Å²) < 4.78 is 13.5. The van der Waals surface area contributed by atoms with Gasteiger partial charge in [-0.1, -0.05) is 18.2 Å². The third kappa shape index (κ3) is 4.06. The van der Waals surface area contributed by atoms with Crippen molar-refractivity contribution in [2.24, 2.45) is 7.05 Å². The van der Waals surface area contributed by atoms with Crippen molar-refractivity contribution in [3.05, 3.63) is 48.3 Å². The Morgan fingerprint density at radius 3 is 2.95 bits per heavy atom. The predicted molar refractivity (Wildman–Crippen MR) is 80.2 cm³/mol. The number of hydrogen-bond donors (Lipinski definition) is 0. The quantitative estimate of drug-likeness (QED) is 0.858. The highest BCUT2D eigenvalue weighted by Gasteiger charge is 2.20. The van der Waals surface area contributed by atoms with E-state index in [2.05, 4.69) is 16.2 Å². The monoisotopic (exact) mass is 287 g/mol. The molecule has 1 unspecified atom stereocenters. The summed E-state index contributed by atoms with van der Waals surface area (Å²) in [5.41, 5.74) is 1.22. The molecule has 1 aliphatic heterocycles. The van der Waals surface area contributed by atoms with E-state index < -0.39 is 0 Å². The molecule has 1 aliphatic rings. The van der Waals surface area contributed by atoms with Crippen molar-refractivity contribution >= 4 is 0 Å². The molecule has 0 N–H and O–H groups in total. The zero-order chi connectivity index (χ0) is 14.5. The SMILES string of the molecule is Cn1cc(CN2CCOCC(Oc3ccccc3)C2)cn1. The maximum Gasteiger partial charge on any atom is 0.135 e. The average Bonchev–Trinajstić information content (AvgIpc) is 2.76. The second kappa shape index (κ2) is 6.74. The maximum atomic E-state index is 6.02. The number of rotatable bonds is 4. The third-order valence-electron chi connectivity index (χ3n) is 3.53. The molecule has 1 saturated heterocycles. The minimum absolute atomic E-state index is 0.0616. The number of benzene rings is 1. The number of nitrogens with zero attached hydrogens (tertiary/aromatic N) is 3. The number of aryl methyl sites for hydroxylation is 1. The van der Waals surface area contributed by atoms with Gasteiger partial charge in [0.15, 0.2) is 0 Å². The molecule has 0 spiro atoms. The first-order valence-electron chi connectivity index (χ1n) is 7.29. The maximum absolute atomic E-state index is 6.02. The van der Waals surface area contributed by atoms with Crippen LogP contribution < -0.4 is 4.74 Å². The molecule has 2 aromatic rings. The van der Waals surface area contributed by atoms with Gasteiger partial charge < -0.3 is 9.47 Å². The molecule has 1 aromatic carbocycles. The van der Waals surface area contributed by atoms with Crippen LogP contribution in [0, 0.1) is 0 Å². The highest BCUT2D eigenvalue weighted by molar-refractivity contribution is 5.21. The van der Waals surface area contributed by atoms with Gasteiger partial charge >= 0.3 is 0 Å². The number of para-hydroxylation sites is 1. The third-order valence-corrected chi connectivity index (χ3v) is 3.53. The topological polar surface area (TPSA) is 39.5 Å². The Bertz CT molecular complexity index is 556. The molecule has 1 atom stereocenters. The first kappa shape index (κ1) is 14.1. The Labute approximate surface area is 125 Å². The summed E-state index contributed by atoms with van der Waals surface area (Å²) in [5.74, 6) is 0.898. The lowest BCUT2D eigenvalue weighted by molar-refractivity contribution is 0.0710. The molecule has 112 valence electrons. The van der Waals surface area contributed by atoms with Gasteiger partial charge in [0, 0.05) is 38.4 Å². The highest BCUT2D eigenvalue weighted by atomic mass is 16.5. The zero-order valence-corrected chi connectivity index (χ0v) is 12.3. The van der Waals surface area contributed by atoms with E-state index in [1.807, 2.05) is 48.3 Å². The standard InChI is InChI=1S/C16H21N3O2/c1-18-10-14(9-17-18)11-19-7-8-20-13-16(12-19)21-15-5-3-2-4-6-15/h2-6,9-10,16H,7-8,11-13H2,1H3. The highest BCUT2D eigenvalue weighted by Crippen LogP contribution is 2.14. The first-order valence-corrected chi connectivity index (χ1v) is 7.29. The van der Waals surface area contributed by atoms with Crippen molar-refractivity contribution in [3.8, 4) is 5.75 Å². The fourth-order valence-electron chi connectivity index (χ4n) is 2.56. The van der Waals surface area contributed by atoms with E-state index in [-0.39, 0.29) is 6.10 Å². The van der Waals surface area contributed by atoms with Crippen LogP contribution in [0.3, 0.4) is 0 Å². The summed E-state index contributed by atoms with van der Waals surface area (Å²) in [5, 5.41) is 4.22. The molecular formula is C16H21N3O2. The largest absolute Gasteiger partial charge is 0.487 e. The van der Waals surface area contributed by atoms with Gasteiger partial charge in [0.05, 0.1) is 19.4 Å². The Morgan fingerprint density at radius 2 is 2.19 bits per heavy atom. The second-order valence-electron chi connectivity index (χ2n) is 5.39. The molecule has 2 heterocycles. The minimum Gasteiger partial charge on any atom is -0.487 e. The van der Waals surface area contributed by atoms with E-state index in [4.69, 9.17) is 9.47 Å². The summed E-state index contributed by atoms with van der Waals surface area (Å²) in [6.07, 6.45) is 4.03. The molecule has 5 nitrogen and oxygen atoms in total. The van der Waals surface area contributed by atoms with Crippen molar-refractivity contribution in [2.75, 3.05) is 26.3 Å². The van der Waals surface area contributed by atoms with Crippen molar-refractivity contribution in [2.45, 2.75) is 12.6 Å². The molecule has 0 radical (unpaired) electrons. The lowest BCUT2D eigenvalue weighted by atomic mass is 10.2. The Kier molecular flexibility index (Phi) is 4.52. The molecule has 3 rings (SSSR count). The number of hydrogen-bond acceptors (Lipinski definition) is 4. The molecule has 5 heteroatoms. The number of aromatic nitrogens is 2. The summed E-state index contributed by atoms with van der Waals surface area (Å²) in [6.45, 7) is 4.05. The molecule has 0 bridgehead atoms. The van der Waals surface area contributed by atoms with Gasteiger partial charge in [-0.25, -0.2) is 0 Å². The van der Waals surface area contributed by atoms with Crippen molar-refractivity contribution in [1.82, 2.24) is 14.7 Å². The minimum atomic E-state index is 0.0616. The summed E-state index contributed by atoms with van der Waals surface area (Å²) in [4.78, 5) is 2.36. The van der Waals surface area contributed by atoms with E-state index >= 15 is 0 Å². The van der Waals surface area contributed by atoms with Crippen molar-refractivity contribution in [3.63, 3.8) is 0 Å². The van der Waals surface area contributed by atoms with E-state index in [1.165, 1.54) is 5.56 Å². The van der Waals surface area contributed by atoms with Gasteiger partial charge in [-0.05, 0) is 12.1 Å². The Hall–Kier alpha value is -1.85. The smallest absolute Gasteiger partial charge is 0.135 e. The van der Waals surface area contributed by atoms with Crippen molar-refractivity contribution < 1.29 is 9.47 Å². The average molecular weight is 287 g/mol. The van der Waals surface area contributed by atoms with Crippen LogP contribution in [0.2, 0.25) is 0 Å². The molecule has 21 heavy (non-hydrogen) atoms. The van der Waals surface area contributed by atoms with Crippen LogP contribution in [-0.2, 0) is 18.3 Å². The lowest BCUT2D eigenvalue weighted by Gasteiger charge is -2.23. The number of ether oxygens (including phenoxy) is 2. The van der Waals surface area contributed by atoms with E-state index in [0.717, 1.165) is 32.0 Å². The van der Waals surface area contributed by atoms with E-state index in [1.54, 1.807) is 0 Å². The molecule has 0 saturated carbocycles. The van der Waals surface area contributed by atoms with Gasteiger partial charge in [-0.15, -0.1) is 0 Å². The van der Waals surface area contributed by atoms with E-state index in [9.17, 15) is 0 Å². The van der Waals surface area contributed by atoms with Gasteiger partial charge in [-0.2, -0.15) is 5.10 Å². The van der Waals surface area contributed by atoms with Crippen LogP contribution in [0.25, 0.3) is 0 Å². The molecule has 0 aliphatic carbocycles. The van der Waals surface area contributed by atoms with Gasteiger partial charge in [0.1, 0.15) is 11.9 Å². The van der Waals surface area contributed by atoms with Crippen LogP contribution >= 0.6 is 0 Å². The van der Waals surface area contributed by atoms with Crippen LogP contribution in [0.4, 0.5) is 0 Å². The van der Waals surface area contributed by atoms with Gasteiger partial charge in [-0.3, -0.25) is 9.58 Å². The fraction of sp³-hybridized carbons (Fsp3) is 0.438. The second-order valence-corrected chi connectivity index (χ2v) is 5.39. The van der Waals surface area contributed by atoms with E-state index in [0.29, 0.717) is 6.61 Å². The molecule has 0 amide bonds. The van der Waals surface area contributed by atoms with Crippen LogP contribution in [0.5, 0.6) is 5.75 Å². The van der Waals surface area contributed by atoms with Crippen LogP contribution in [0.1, 0.15) is 5.56 Å². The predicted octanol–water partition coefficient (Wildman–Crippen LogP) is 1.70. The van der Waals surface area contributed by atoms with Crippen molar-refractivity contribution in [1.29, 1.82) is 0 Å². The Balaban J connectivity index is 1.60. The fourth-order valence-corrected chi connectivity index (χ4v) is 2.56.